The molecule has 1 saturated heterocycles. The lowest BCUT2D eigenvalue weighted by atomic mass is 10.1. The fourth-order valence-electron chi connectivity index (χ4n) is 2.73. The average Bonchev–Trinajstić information content (AvgIpc) is 2.94. The van der Waals surface area contributed by atoms with Crippen molar-refractivity contribution in [2.24, 2.45) is 0 Å². The summed E-state index contributed by atoms with van der Waals surface area (Å²) in [6, 6.07) is 9.15. The van der Waals surface area contributed by atoms with Gasteiger partial charge < -0.3 is 10.6 Å². The van der Waals surface area contributed by atoms with Gasteiger partial charge in [0.05, 0.1) is 12.3 Å². The fourth-order valence-corrected chi connectivity index (χ4v) is 3.92. The molecule has 122 valence electrons. The summed E-state index contributed by atoms with van der Waals surface area (Å²) in [5.74, 6) is 0. The Bertz CT molecular complexity index is 604. The van der Waals surface area contributed by atoms with E-state index in [1.807, 2.05) is 37.3 Å². The molecule has 0 aliphatic carbocycles. The highest BCUT2D eigenvalue weighted by atomic mass is 32.2. The van der Waals surface area contributed by atoms with Gasteiger partial charge in [-0.2, -0.15) is 4.31 Å². The van der Waals surface area contributed by atoms with Crippen LogP contribution >= 0.6 is 0 Å². The Kier molecular flexibility index (Phi) is 5.42. The lowest BCUT2D eigenvalue weighted by Gasteiger charge is -2.23. The molecule has 1 aromatic rings. The van der Waals surface area contributed by atoms with Crippen molar-refractivity contribution in [3.63, 3.8) is 0 Å². The molecule has 0 unspecified atom stereocenters. The zero-order valence-corrected chi connectivity index (χ0v) is 13.8. The van der Waals surface area contributed by atoms with Crippen LogP contribution in [0, 0.1) is 0 Å². The van der Waals surface area contributed by atoms with Gasteiger partial charge in [0.2, 0.25) is 10.0 Å². The monoisotopic (exact) mass is 325 g/mol. The van der Waals surface area contributed by atoms with Crippen molar-refractivity contribution in [1.82, 2.24) is 14.9 Å². The molecule has 2 rings (SSSR count). The summed E-state index contributed by atoms with van der Waals surface area (Å²) in [6.45, 7) is 2.78. The van der Waals surface area contributed by atoms with E-state index in [0.29, 0.717) is 13.1 Å². The summed E-state index contributed by atoms with van der Waals surface area (Å²) in [7, 11) is -3.20. The van der Waals surface area contributed by atoms with Gasteiger partial charge >= 0.3 is 6.03 Å². The summed E-state index contributed by atoms with van der Waals surface area (Å²) in [5, 5.41) is 5.63. The first-order valence-corrected chi connectivity index (χ1v) is 9.29. The first-order valence-electron chi connectivity index (χ1n) is 7.44. The molecule has 1 aromatic carbocycles. The maximum Gasteiger partial charge on any atom is 0.315 e. The van der Waals surface area contributed by atoms with Crippen LogP contribution in [0.5, 0.6) is 0 Å². The Morgan fingerprint density at radius 1 is 1.36 bits per heavy atom. The van der Waals surface area contributed by atoms with Gasteiger partial charge in [0.25, 0.3) is 0 Å². The van der Waals surface area contributed by atoms with Crippen LogP contribution in [0.15, 0.2) is 30.3 Å². The molecule has 0 saturated carbocycles. The second kappa shape index (κ2) is 7.11. The smallest absolute Gasteiger partial charge is 0.315 e. The maximum absolute atomic E-state index is 11.9. The van der Waals surface area contributed by atoms with Crippen molar-refractivity contribution in [1.29, 1.82) is 0 Å². The molecule has 7 heteroatoms. The molecular weight excluding hydrogens is 302 g/mol. The van der Waals surface area contributed by atoms with Crippen molar-refractivity contribution in [3.05, 3.63) is 35.9 Å². The largest absolute Gasteiger partial charge is 0.337 e. The Balaban J connectivity index is 1.83. The molecule has 2 atom stereocenters. The zero-order chi connectivity index (χ0) is 16.2. The van der Waals surface area contributed by atoms with Crippen LogP contribution in [-0.2, 0) is 10.0 Å². The summed E-state index contributed by atoms with van der Waals surface area (Å²) in [6.07, 6.45) is 2.83. The van der Waals surface area contributed by atoms with Crippen LogP contribution in [0.3, 0.4) is 0 Å². The van der Waals surface area contributed by atoms with Gasteiger partial charge in [-0.15, -0.1) is 0 Å². The first kappa shape index (κ1) is 16.8. The molecule has 0 spiro atoms. The van der Waals surface area contributed by atoms with Gasteiger partial charge in [0, 0.05) is 19.1 Å². The van der Waals surface area contributed by atoms with E-state index < -0.39 is 10.0 Å². The molecule has 1 aliphatic rings. The molecule has 2 N–H and O–H groups in total. The van der Waals surface area contributed by atoms with E-state index >= 15 is 0 Å². The predicted octanol–water partition coefficient (Wildman–Crippen LogP) is 1.47. The number of hydrogen-bond acceptors (Lipinski definition) is 3. The molecule has 1 heterocycles. The minimum atomic E-state index is -3.20. The van der Waals surface area contributed by atoms with Crippen molar-refractivity contribution >= 4 is 16.1 Å². The second-order valence-electron chi connectivity index (χ2n) is 5.66. The molecule has 2 amide bonds. The maximum atomic E-state index is 11.9. The number of benzene rings is 1. The summed E-state index contributed by atoms with van der Waals surface area (Å²) < 4.78 is 24.8. The van der Waals surface area contributed by atoms with E-state index in [0.717, 1.165) is 18.4 Å². The Labute approximate surface area is 131 Å². The lowest BCUT2D eigenvalue weighted by molar-refractivity contribution is 0.235. The number of carbonyl (C=O) groups excluding carboxylic acids is 1. The molecular formula is C15H23N3O3S. The Morgan fingerprint density at radius 2 is 2.05 bits per heavy atom. The minimum absolute atomic E-state index is 0.101. The molecule has 0 aromatic heterocycles. The van der Waals surface area contributed by atoms with Gasteiger partial charge in [0.1, 0.15) is 0 Å². The predicted molar refractivity (Wildman–Crippen MR) is 86.0 cm³/mol. The third-order valence-corrected chi connectivity index (χ3v) is 5.23. The summed E-state index contributed by atoms with van der Waals surface area (Å²) >= 11 is 0. The third kappa shape index (κ3) is 4.45. The first-order chi connectivity index (χ1) is 10.4. The Morgan fingerprint density at radius 3 is 2.68 bits per heavy atom. The quantitative estimate of drug-likeness (QED) is 0.860. The van der Waals surface area contributed by atoms with Crippen molar-refractivity contribution in [2.45, 2.75) is 31.8 Å². The number of amides is 2. The number of hydrogen-bond donors (Lipinski definition) is 2. The van der Waals surface area contributed by atoms with Crippen molar-refractivity contribution < 1.29 is 13.2 Å². The van der Waals surface area contributed by atoms with E-state index in [-0.39, 0.29) is 18.1 Å². The van der Waals surface area contributed by atoms with Crippen LogP contribution in [-0.4, -0.2) is 44.1 Å². The molecule has 0 radical (unpaired) electrons. The fraction of sp³-hybridized carbons (Fsp3) is 0.533. The van der Waals surface area contributed by atoms with Gasteiger partial charge in [-0.1, -0.05) is 30.3 Å². The van der Waals surface area contributed by atoms with Crippen molar-refractivity contribution in [2.75, 3.05) is 19.3 Å². The number of rotatable bonds is 5. The van der Waals surface area contributed by atoms with Crippen molar-refractivity contribution in [3.8, 4) is 0 Å². The number of urea groups is 1. The van der Waals surface area contributed by atoms with E-state index in [1.165, 1.54) is 10.6 Å². The SMILES string of the molecule is C[C@H](NC(=O)NC[C@H]1CCCN1S(C)(=O)=O)c1ccccc1. The molecule has 6 nitrogen and oxygen atoms in total. The van der Waals surface area contributed by atoms with Gasteiger partial charge in [-0.05, 0) is 25.3 Å². The van der Waals surface area contributed by atoms with E-state index in [1.54, 1.807) is 0 Å². The highest BCUT2D eigenvalue weighted by molar-refractivity contribution is 7.88. The zero-order valence-electron chi connectivity index (χ0n) is 13.0. The molecule has 22 heavy (non-hydrogen) atoms. The van der Waals surface area contributed by atoms with Crippen LogP contribution in [0.1, 0.15) is 31.4 Å². The average molecular weight is 325 g/mol. The topological polar surface area (TPSA) is 78.5 Å². The number of sulfonamides is 1. The van der Waals surface area contributed by atoms with Crippen LogP contribution in [0.4, 0.5) is 4.79 Å². The number of nitrogens with one attached hydrogen (secondary N) is 2. The van der Waals surface area contributed by atoms with Gasteiger partial charge in [-0.25, -0.2) is 13.2 Å². The van der Waals surface area contributed by atoms with Gasteiger partial charge in [-0.3, -0.25) is 0 Å². The van der Waals surface area contributed by atoms with Crippen LogP contribution < -0.4 is 10.6 Å². The molecule has 1 fully saturated rings. The second-order valence-corrected chi connectivity index (χ2v) is 7.59. The van der Waals surface area contributed by atoms with E-state index in [9.17, 15) is 13.2 Å². The van der Waals surface area contributed by atoms with Gasteiger partial charge in [0.15, 0.2) is 0 Å². The normalized spacial score (nSPS) is 20.5. The number of carbonyl (C=O) groups is 1. The standard InChI is InChI=1S/C15H23N3O3S/c1-12(13-7-4-3-5-8-13)17-15(19)16-11-14-9-6-10-18(14)22(2,20)21/h3-5,7-8,12,14H,6,9-11H2,1-2H3,(H2,16,17,19)/t12-,14+/m0/s1. The number of nitrogens with zero attached hydrogens (tertiary/aromatic N) is 1. The minimum Gasteiger partial charge on any atom is -0.337 e. The summed E-state index contributed by atoms with van der Waals surface area (Å²) in [4.78, 5) is 11.9. The van der Waals surface area contributed by atoms with E-state index in [2.05, 4.69) is 10.6 Å². The highest BCUT2D eigenvalue weighted by Gasteiger charge is 2.31. The highest BCUT2D eigenvalue weighted by Crippen LogP contribution is 2.19. The molecule has 0 bridgehead atoms. The van der Waals surface area contributed by atoms with Crippen LogP contribution in [0.25, 0.3) is 0 Å². The summed E-state index contributed by atoms with van der Waals surface area (Å²) in [5.41, 5.74) is 1.02. The van der Waals surface area contributed by atoms with E-state index in [4.69, 9.17) is 0 Å². The molecule has 1 aliphatic heterocycles. The van der Waals surface area contributed by atoms with Crippen LogP contribution in [0.2, 0.25) is 0 Å². The Hall–Kier alpha value is -1.60. The third-order valence-electron chi connectivity index (χ3n) is 3.89. The lowest BCUT2D eigenvalue weighted by Crippen LogP contribution is -2.45.